The first kappa shape index (κ1) is 12.9. The summed E-state index contributed by atoms with van der Waals surface area (Å²) in [5, 5.41) is 0. The smallest absolute Gasteiger partial charge is 0.229 e. The van der Waals surface area contributed by atoms with E-state index in [1.54, 1.807) is 31.3 Å². The van der Waals surface area contributed by atoms with Gasteiger partial charge in [-0.15, -0.1) is 0 Å². The lowest BCUT2D eigenvalue weighted by atomic mass is 10.3. The van der Waals surface area contributed by atoms with Gasteiger partial charge in [0.1, 0.15) is 5.75 Å². The summed E-state index contributed by atoms with van der Waals surface area (Å²) >= 11 is 0. The van der Waals surface area contributed by atoms with Crippen LogP contribution in [0.2, 0.25) is 0 Å². The summed E-state index contributed by atoms with van der Waals surface area (Å²) < 4.78 is 30.7. The molecule has 1 aliphatic rings. The molecule has 0 amide bonds. The molecule has 2 rings (SSSR count). The van der Waals surface area contributed by atoms with Crippen molar-refractivity contribution in [3.63, 3.8) is 0 Å². The molecular weight excluding hydrogens is 254 g/mol. The minimum absolute atomic E-state index is 0.253. The number of hydrogen-bond donors (Lipinski definition) is 1. The van der Waals surface area contributed by atoms with Gasteiger partial charge < -0.3 is 9.64 Å². The largest absolute Gasteiger partial charge is 0.489 e. The van der Waals surface area contributed by atoms with Crippen LogP contribution in [0, 0.1) is 0 Å². The minimum Gasteiger partial charge on any atom is -0.489 e. The monoisotopic (exact) mass is 271 g/mol. The number of nitrogens with one attached hydrogen (secondary N) is 1. The van der Waals surface area contributed by atoms with Crippen LogP contribution in [-0.4, -0.2) is 39.9 Å². The molecule has 0 bridgehead atoms. The Bertz CT molecular complexity index is 538. The van der Waals surface area contributed by atoms with Crippen molar-refractivity contribution in [1.29, 1.82) is 0 Å². The molecule has 0 atom stereocenters. The maximum Gasteiger partial charge on any atom is 0.229 e. The lowest BCUT2D eigenvalue weighted by Crippen LogP contribution is -2.17. The third-order valence-corrected chi connectivity index (χ3v) is 2.98. The number of pyridine rings is 1. The minimum atomic E-state index is -3.34. The third kappa shape index (κ3) is 3.49. The Morgan fingerprint density at radius 3 is 2.61 bits per heavy atom. The van der Waals surface area contributed by atoms with E-state index < -0.39 is 10.0 Å². The summed E-state index contributed by atoms with van der Waals surface area (Å²) in [6, 6.07) is 1.67. The summed E-state index contributed by atoms with van der Waals surface area (Å²) in [6.45, 7) is 0. The van der Waals surface area contributed by atoms with E-state index in [2.05, 4.69) is 9.71 Å². The standard InChI is InChI=1S/C11H17N3O3S/c1-14(2)11-10(13-18(3,15)16)6-9(7-12-11)17-8-4-5-8/h6-8,13H,4-5H2,1-3H3. The second-order valence-electron chi connectivity index (χ2n) is 4.63. The molecule has 1 N–H and O–H groups in total. The SMILES string of the molecule is CN(C)c1ncc(OC2CC2)cc1NS(C)(=O)=O. The summed E-state index contributed by atoms with van der Waals surface area (Å²) in [7, 11) is 0.271. The van der Waals surface area contributed by atoms with Gasteiger partial charge in [0.25, 0.3) is 0 Å². The zero-order valence-corrected chi connectivity index (χ0v) is 11.5. The lowest BCUT2D eigenvalue weighted by Gasteiger charge is -2.17. The second kappa shape index (κ2) is 4.64. The summed E-state index contributed by atoms with van der Waals surface area (Å²) in [5.74, 6) is 1.15. The molecule has 1 saturated carbocycles. The quantitative estimate of drug-likeness (QED) is 0.867. The van der Waals surface area contributed by atoms with E-state index in [1.807, 2.05) is 0 Å². The molecule has 100 valence electrons. The fraction of sp³-hybridized carbons (Fsp3) is 0.545. The molecule has 7 heteroatoms. The average molecular weight is 271 g/mol. The van der Waals surface area contributed by atoms with Crippen molar-refractivity contribution >= 4 is 21.5 Å². The first-order chi connectivity index (χ1) is 8.35. The van der Waals surface area contributed by atoms with Gasteiger partial charge in [0.2, 0.25) is 10.0 Å². The molecule has 1 aromatic heterocycles. The van der Waals surface area contributed by atoms with Crippen LogP contribution in [0.15, 0.2) is 12.3 Å². The molecule has 0 spiro atoms. The molecule has 0 radical (unpaired) electrons. The van der Waals surface area contributed by atoms with Gasteiger partial charge >= 0.3 is 0 Å². The number of sulfonamides is 1. The van der Waals surface area contributed by atoms with Crippen LogP contribution in [0.1, 0.15) is 12.8 Å². The number of anilines is 2. The van der Waals surface area contributed by atoms with E-state index in [0.29, 0.717) is 17.3 Å². The number of ether oxygens (including phenoxy) is 1. The van der Waals surface area contributed by atoms with Gasteiger partial charge in [0.05, 0.1) is 24.2 Å². The van der Waals surface area contributed by atoms with E-state index >= 15 is 0 Å². The third-order valence-electron chi connectivity index (χ3n) is 2.39. The number of rotatable bonds is 5. The molecule has 1 fully saturated rings. The molecule has 0 aliphatic heterocycles. The highest BCUT2D eigenvalue weighted by atomic mass is 32.2. The van der Waals surface area contributed by atoms with Gasteiger partial charge in [-0.1, -0.05) is 0 Å². The van der Waals surface area contributed by atoms with Gasteiger partial charge in [-0.25, -0.2) is 13.4 Å². The van der Waals surface area contributed by atoms with Crippen molar-refractivity contribution in [2.45, 2.75) is 18.9 Å². The first-order valence-electron chi connectivity index (χ1n) is 5.67. The normalized spacial score (nSPS) is 15.3. The van der Waals surface area contributed by atoms with Crippen LogP contribution in [0.4, 0.5) is 11.5 Å². The van der Waals surface area contributed by atoms with Gasteiger partial charge in [-0.3, -0.25) is 4.72 Å². The molecule has 18 heavy (non-hydrogen) atoms. The fourth-order valence-electron chi connectivity index (χ4n) is 1.51. The molecule has 6 nitrogen and oxygen atoms in total. The van der Waals surface area contributed by atoms with Gasteiger partial charge in [-0.2, -0.15) is 0 Å². The van der Waals surface area contributed by atoms with Gasteiger partial charge in [-0.05, 0) is 12.8 Å². The zero-order valence-electron chi connectivity index (χ0n) is 10.7. The number of aromatic nitrogens is 1. The Morgan fingerprint density at radius 2 is 2.11 bits per heavy atom. The van der Waals surface area contributed by atoms with E-state index in [9.17, 15) is 8.42 Å². The van der Waals surface area contributed by atoms with Crippen LogP contribution in [0.3, 0.4) is 0 Å². The maximum absolute atomic E-state index is 11.3. The maximum atomic E-state index is 11.3. The Hall–Kier alpha value is -1.50. The van der Waals surface area contributed by atoms with E-state index in [-0.39, 0.29) is 6.10 Å². The predicted molar refractivity (Wildman–Crippen MR) is 70.7 cm³/mol. The summed E-state index contributed by atoms with van der Waals surface area (Å²) in [4.78, 5) is 5.96. The Balaban J connectivity index is 2.30. The highest BCUT2D eigenvalue weighted by Crippen LogP contribution is 2.31. The van der Waals surface area contributed by atoms with Crippen molar-refractivity contribution in [3.05, 3.63) is 12.3 Å². The van der Waals surface area contributed by atoms with Crippen molar-refractivity contribution < 1.29 is 13.2 Å². The van der Waals surface area contributed by atoms with E-state index in [4.69, 9.17) is 4.74 Å². The molecule has 1 aliphatic carbocycles. The van der Waals surface area contributed by atoms with Crippen LogP contribution >= 0.6 is 0 Å². The average Bonchev–Trinajstić information content (AvgIpc) is 2.98. The van der Waals surface area contributed by atoms with Crippen LogP contribution in [0.5, 0.6) is 5.75 Å². The summed E-state index contributed by atoms with van der Waals surface area (Å²) in [5.41, 5.74) is 0.431. The molecule has 0 aromatic carbocycles. The Labute approximate surface area is 107 Å². The predicted octanol–water partition coefficient (Wildman–Crippen LogP) is 1.06. The topological polar surface area (TPSA) is 71.5 Å². The molecule has 1 aromatic rings. The number of nitrogens with zero attached hydrogens (tertiary/aromatic N) is 2. The molecule has 0 unspecified atom stereocenters. The molecular formula is C11H17N3O3S. The van der Waals surface area contributed by atoms with Gasteiger partial charge in [0, 0.05) is 20.2 Å². The molecule has 1 heterocycles. The van der Waals surface area contributed by atoms with Crippen molar-refractivity contribution in [2.75, 3.05) is 30.0 Å². The van der Waals surface area contributed by atoms with Crippen LogP contribution in [0.25, 0.3) is 0 Å². The van der Waals surface area contributed by atoms with E-state index in [0.717, 1.165) is 19.1 Å². The lowest BCUT2D eigenvalue weighted by molar-refractivity contribution is 0.302. The van der Waals surface area contributed by atoms with Crippen LogP contribution in [-0.2, 0) is 10.0 Å². The summed E-state index contributed by atoms with van der Waals surface area (Å²) in [6.07, 6.45) is 5.07. The van der Waals surface area contributed by atoms with Crippen molar-refractivity contribution in [1.82, 2.24) is 4.98 Å². The Kier molecular flexibility index (Phi) is 3.34. The number of hydrogen-bond acceptors (Lipinski definition) is 5. The zero-order chi connectivity index (χ0) is 13.3. The fourth-order valence-corrected chi connectivity index (χ4v) is 2.06. The van der Waals surface area contributed by atoms with E-state index in [1.165, 1.54) is 0 Å². The highest BCUT2D eigenvalue weighted by molar-refractivity contribution is 7.92. The van der Waals surface area contributed by atoms with Gasteiger partial charge in [0.15, 0.2) is 5.82 Å². The first-order valence-corrected chi connectivity index (χ1v) is 7.56. The Morgan fingerprint density at radius 1 is 1.44 bits per heavy atom. The van der Waals surface area contributed by atoms with Crippen molar-refractivity contribution in [3.8, 4) is 5.75 Å². The molecule has 0 saturated heterocycles. The highest BCUT2D eigenvalue weighted by Gasteiger charge is 2.24. The van der Waals surface area contributed by atoms with Crippen molar-refractivity contribution in [2.24, 2.45) is 0 Å². The van der Waals surface area contributed by atoms with Crippen LogP contribution < -0.4 is 14.4 Å². The second-order valence-corrected chi connectivity index (χ2v) is 6.38.